The van der Waals surface area contributed by atoms with Crippen LogP contribution in [0.1, 0.15) is 16.2 Å². The Kier molecular flexibility index (Phi) is 4.40. The maximum Gasteiger partial charge on any atom is 0.257 e. The molecule has 23 heavy (non-hydrogen) atoms. The average Bonchev–Trinajstić information content (AvgIpc) is 3.17. The van der Waals surface area contributed by atoms with Gasteiger partial charge in [0.25, 0.3) is 5.91 Å². The van der Waals surface area contributed by atoms with Crippen molar-refractivity contribution in [3.8, 4) is 10.7 Å². The van der Waals surface area contributed by atoms with E-state index in [0.29, 0.717) is 5.82 Å². The van der Waals surface area contributed by atoms with E-state index >= 15 is 0 Å². The molecule has 0 fully saturated rings. The maximum absolute atomic E-state index is 13.8. The number of rotatable bonds is 4. The molecule has 1 amide bonds. The van der Waals surface area contributed by atoms with Gasteiger partial charge in [0.15, 0.2) is 0 Å². The van der Waals surface area contributed by atoms with Crippen molar-refractivity contribution in [2.45, 2.75) is 6.54 Å². The van der Waals surface area contributed by atoms with E-state index in [1.807, 2.05) is 17.5 Å². The van der Waals surface area contributed by atoms with Crippen LogP contribution in [0.5, 0.6) is 0 Å². The molecule has 0 bridgehead atoms. The van der Waals surface area contributed by atoms with Gasteiger partial charge in [0, 0.05) is 12.1 Å². The van der Waals surface area contributed by atoms with Gasteiger partial charge in [0.1, 0.15) is 12.4 Å². The fourth-order valence-corrected chi connectivity index (χ4v) is 2.78. The summed E-state index contributed by atoms with van der Waals surface area (Å²) in [6.45, 7) is 0.0826. The van der Waals surface area contributed by atoms with Crippen molar-refractivity contribution in [1.29, 1.82) is 0 Å². The molecular formula is C15H11ClFN3O2S. The molecule has 0 atom stereocenters. The fourth-order valence-electron chi connectivity index (χ4n) is 1.97. The van der Waals surface area contributed by atoms with Gasteiger partial charge >= 0.3 is 0 Å². The molecule has 0 spiro atoms. The normalized spacial score (nSPS) is 10.7. The molecule has 0 saturated carbocycles. The standard InChI is InChI=1S/C15H11ClFN3O2S/c1-20(15(21)10-5-4-9(16)7-11(10)17)8-13-18-14(19-22-13)12-3-2-6-23-12/h2-7H,8H2,1H3. The van der Waals surface area contributed by atoms with E-state index in [0.717, 1.165) is 10.9 Å². The second-order valence-electron chi connectivity index (χ2n) is 4.77. The summed E-state index contributed by atoms with van der Waals surface area (Å²) in [5.74, 6) is -0.415. The summed E-state index contributed by atoms with van der Waals surface area (Å²) >= 11 is 7.17. The third-order valence-electron chi connectivity index (χ3n) is 3.09. The maximum atomic E-state index is 13.8. The molecule has 2 aromatic heterocycles. The molecule has 1 aromatic carbocycles. The van der Waals surface area contributed by atoms with Crippen LogP contribution >= 0.6 is 22.9 Å². The lowest BCUT2D eigenvalue weighted by Crippen LogP contribution is -2.27. The van der Waals surface area contributed by atoms with Gasteiger partial charge in [0.2, 0.25) is 11.7 Å². The van der Waals surface area contributed by atoms with Gasteiger partial charge in [-0.3, -0.25) is 4.79 Å². The van der Waals surface area contributed by atoms with E-state index in [1.54, 1.807) is 0 Å². The van der Waals surface area contributed by atoms with Gasteiger partial charge in [-0.25, -0.2) is 4.39 Å². The van der Waals surface area contributed by atoms with Crippen LogP contribution in [0.4, 0.5) is 4.39 Å². The number of halogens is 2. The van der Waals surface area contributed by atoms with Crippen molar-refractivity contribution in [2.75, 3.05) is 7.05 Å². The van der Waals surface area contributed by atoms with Crippen molar-refractivity contribution < 1.29 is 13.7 Å². The van der Waals surface area contributed by atoms with E-state index < -0.39 is 11.7 Å². The summed E-state index contributed by atoms with van der Waals surface area (Å²) in [5.41, 5.74) is -0.0603. The molecule has 0 aliphatic rings. The Morgan fingerprint density at radius 3 is 2.96 bits per heavy atom. The minimum absolute atomic E-state index is 0.0603. The lowest BCUT2D eigenvalue weighted by Gasteiger charge is -2.15. The van der Waals surface area contributed by atoms with Crippen LogP contribution in [0, 0.1) is 5.82 Å². The molecule has 2 heterocycles. The molecule has 3 aromatic rings. The fraction of sp³-hybridized carbons (Fsp3) is 0.133. The zero-order valence-electron chi connectivity index (χ0n) is 12.0. The molecule has 0 aliphatic carbocycles. The smallest absolute Gasteiger partial charge is 0.257 e. The summed E-state index contributed by atoms with van der Waals surface area (Å²) in [7, 11) is 1.53. The number of hydrogen-bond donors (Lipinski definition) is 0. The second kappa shape index (κ2) is 6.47. The second-order valence-corrected chi connectivity index (χ2v) is 6.16. The van der Waals surface area contributed by atoms with Gasteiger partial charge in [0.05, 0.1) is 10.4 Å². The summed E-state index contributed by atoms with van der Waals surface area (Å²) in [5, 5.41) is 6.01. The van der Waals surface area contributed by atoms with Gasteiger partial charge in [-0.05, 0) is 29.6 Å². The number of carbonyl (C=O) groups excluding carboxylic acids is 1. The summed E-state index contributed by atoms with van der Waals surface area (Å²) in [6, 6.07) is 7.67. The predicted molar refractivity (Wildman–Crippen MR) is 84.8 cm³/mol. The number of carbonyl (C=O) groups is 1. The topological polar surface area (TPSA) is 59.2 Å². The first-order valence-corrected chi connectivity index (χ1v) is 7.87. The number of thiophene rings is 1. The lowest BCUT2D eigenvalue weighted by molar-refractivity contribution is 0.0765. The molecule has 118 valence electrons. The number of benzene rings is 1. The highest BCUT2D eigenvalue weighted by molar-refractivity contribution is 7.13. The quantitative estimate of drug-likeness (QED) is 0.716. The van der Waals surface area contributed by atoms with Crippen LogP contribution in [-0.4, -0.2) is 28.0 Å². The van der Waals surface area contributed by atoms with Crippen LogP contribution in [0.3, 0.4) is 0 Å². The van der Waals surface area contributed by atoms with Crippen LogP contribution in [0.25, 0.3) is 10.7 Å². The Hall–Kier alpha value is -2.25. The molecule has 8 heteroatoms. The van der Waals surface area contributed by atoms with E-state index in [2.05, 4.69) is 10.1 Å². The van der Waals surface area contributed by atoms with Gasteiger partial charge < -0.3 is 9.42 Å². The molecule has 0 aliphatic heterocycles. The molecular weight excluding hydrogens is 341 g/mol. The van der Waals surface area contributed by atoms with Crippen molar-refractivity contribution in [1.82, 2.24) is 15.0 Å². The Morgan fingerprint density at radius 1 is 1.43 bits per heavy atom. The van der Waals surface area contributed by atoms with Gasteiger partial charge in [-0.15, -0.1) is 11.3 Å². The number of amides is 1. The number of hydrogen-bond acceptors (Lipinski definition) is 5. The molecule has 0 unspecified atom stereocenters. The zero-order valence-corrected chi connectivity index (χ0v) is 13.6. The highest BCUT2D eigenvalue weighted by Gasteiger charge is 2.19. The van der Waals surface area contributed by atoms with Crippen LogP contribution < -0.4 is 0 Å². The molecule has 5 nitrogen and oxygen atoms in total. The van der Waals surface area contributed by atoms with Crippen molar-refractivity contribution >= 4 is 28.8 Å². The van der Waals surface area contributed by atoms with Crippen LogP contribution in [-0.2, 0) is 6.54 Å². The SMILES string of the molecule is CN(Cc1nc(-c2cccs2)no1)C(=O)c1ccc(Cl)cc1F. The third-order valence-corrected chi connectivity index (χ3v) is 4.19. The first-order chi connectivity index (χ1) is 11.0. The van der Waals surface area contributed by atoms with E-state index in [4.69, 9.17) is 16.1 Å². The molecule has 0 saturated heterocycles. The van der Waals surface area contributed by atoms with Crippen LogP contribution in [0.15, 0.2) is 40.2 Å². The van der Waals surface area contributed by atoms with E-state index in [1.165, 1.54) is 35.4 Å². The van der Waals surface area contributed by atoms with Crippen LogP contribution in [0.2, 0.25) is 5.02 Å². The van der Waals surface area contributed by atoms with Gasteiger partial charge in [-0.2, -0.15) is 4.98 Å². The summed E-state index contributed by atoms with van der Waals surface area (Å²) in [4.78, 5) is 18.7. The minimum Gasteiger partial charge on any atom is -0.337 e. The average molecular weight is 352 g/mol. The zero-order chi connectivity index (χ0) is 16.4. The summed E-state index contributed by atoms with van der Waals surface area (Å²) in [6.07, 6.45) is 0. The largest absolute Gasteiger partial charge is 0.337 e. The molecule has 0 N–H and O–H groups in total. The number of nitrogens with zero attached hydrogens (tertiary/aromatic N) is 3. The highest BCUT2D eigenvalue weighted by atomic mass is 35.5. The lowest BCUT2D eigenvalue weighted by atomic mass is 10.2. The Labute approximate surface area is 140 Å². The van der Waals surface area contributed by atoms with Crippen molar-refractivity contribution in [2.24, 2.45) is 0 Å². The van der Waals surface area contributed by atoms with Gasteiger partial charge in [-0.1, -0.05) is 22.8 Å². The minimum atomic E-state index is -0.667. The molecule has 3 rings (SSSR count). The third kappa shape index (κ3) is 3.40. The van der Waals surface area contributed by atoms with E-state index in [9.17, 15) is 9.18 Å². The Balaban J connectivity index is 1.74. The Bertz CT molecular complexity index is 835. The Morgan fingerprint density at radius 2 is 2.26 bits per heavy atom. The highest BCUT2D eigenvalue weighted by Crippen LogP contribution is 2.22. The van der Waals surface area contributed by atoms with E-state index in [-0.39, 0.29) is 23.0 Å². The first-order valence-electron chi connectivity index (χ1n) is 6.61. The van der Waals surface area contributed by atoms with Crippen molar-refractivity contribution in [3.63, 3.8) is 0 Å². The monoisotopic (exact) mass is 351 g/mol. The summed E-state index contributed by atoms with van der Waals surface area (Å²) < 4.78 is 18.9. The predicted octanol–water partition coefficient (Wildman–Crippen LogP) is 3.86. The number of aromatic nitrogens is 2. The molecule has 0 radical (unpaired) electrons. The first kappa shape index (κ1) is 15.6. The van der Waals surface area contributed by atoms with Crippen molar-refractivity contribution in [3.05, 3.63) is 58.0 Å².